The van der Waals surface area contributed by atoms with Crippen molar-refractivity contribution in [3.63, 3.8) is 0 Å². The molecular weight excluding hydrogens is 358 g/mol. The molecule has 0 radical (unpaired) electrons. The molecule has 0 spiro atoms. The van der Waals surface area contributed by atoms with E-state index < -0.39 is 0 Å². The number of hydrogen-bond acceptors (Lipinski definition) is 5. The molecule has 6 nitrogen and oxygen atoms in total. The van der Waals surface area contributed by atoms with E-state index in [2.05, 4.69) is 36.5 Å². The number of benzene rings is 1. The molecular formula is C16H20BrN5O. The number of halogens is 1. The van der Waals surface area contributed by atoms with Crippen molar-refractivity contribution in [1.29, 1.82) is 0 Å². The van der Waals surface area contributed by atoms with E-state index in [1.165, 1.54) is 0 Å². The Morgan fingerprint density at radius 2 is 2.00 bits per heavy atom. The van der Waals surface area contributed by atoms with Gasteiger partial charge in [-0.1, -0.05) is 22.0 Å². The van der Waals surface area contributed by atoms with Crippen molar-refractivity contribution in [3.8, 4) is 0 Å². The first-order chi connectivity index (χ1) is 11.0. The highest BCUT2D eigenvalue weighted by Gasteiger charge is 2.06. The molecule has 0 aliphatic rings. The van der Waals surface area contributed by atoms with Crippen LogP contribution < -0.4 is 15.5 Å². The van der Waals surface area contributed by atoms with Crippen LogP contribution in [0, 0.1) is 6.92 Å². The molecule has 2 rings (SSSR count). The van der Waals surface area contributed by atoms with Gasteiger partial charge in [-0.3, -0.25) is 4.79 Å². The molecule has 1 heterocycles. The van der Waals surface area contributed by atoms with Crippen LogP contribution >= 0.6 is 15.9 Å². The quantitative estimate of drug-likeness (QED) is 0.756. The molecule has 2 N–H and O–H groups in total. The van der Waals surface area contributed by atoms with Gasteiger partial charge < -0.3 is 15.5 Å². The largest absolute Gasteiger partial charge is 0.368 e. The number of rotatable bonds is 6. The number of aromatic nitrogens is 2. The molecule has 1 amide bonds. The van der Waals surface area contributed by atoms with Crippen molar-refractivity contribution < 1.29 is 4.79 Å². The van der Waals surface area contributed by atoms with Crippen molar-refractivity contribution in [1.82, 2.24) is 15.3 Å². The van der Waals surface area contributed by atoms with Crippen LogP contribution in [0.15, 0.2) is 34.8 Å². The molecule has 23 heavy (non-hydrogen) atoms. The zero-order valence-corrected chi connectivity index (χ0v) is 15.0. The Morgan fingerprint density at radius 1 is 1.22 bits per heavy atom. The van der Waals surface area contributed by atoms with Crippen molar-refractivity contribution in [2.45, 2.75) is 6.92 Å². The molecule has 2 aromatic rings. The van der Waals surface area contributed by atoms with E-state index in [9.17, 15) is 4.79 Å². The van der Waals surface area contributed by atoms with Gasteiger partial charge in [0.05, 0.1) is 0 Å². The number of nitrogens with one attached hydrogen (secondary N) is 2. The van der Waals surface area contributed by atoms with Crippen LogP contribution in [0.25, 0.3) is 0 Å². The number of aryl methyl sites for hydroxylation is 1. The first-order valence-corrected chi connectivity index (χ1v) is 8.05. The van der Waals surface area contributed by atoms with Gasteiger partial charge in [0.2, 0.25) is 0 Å². The molecule has 0 saturated carbocycles. The van der Waals surface area contributed by atoms with E-state index >= 15 is 0 Å². The molecule has 0 saturated heterocycles. The Kier molecular flexibility index (Phi) is 5.92. The summed E-state index contributed by atoms with van der Waals surface area (Å²) in [7, 11) is 3.87. The maximum absolute atomic E-state index is 12.0. The number of carbonyl (C=O) groups is 1. The summed E-state index contributed by atoms with van der Waals surface area (Å²) in [6, 6.07) is 9.18. The minimum atomic E-state index is -0.0963. The second kappa shape index (κ2) is 7.92. The second-order valence-corrected chi connectivity index (χ2v) is 6.16. The molecule has 122 valence electrons. The Balaban J connectivity index is 1.85. The van der Waals surface area contributed by atoms with E-state index in [1.807, 2.05) is 44.1 Å². The molecule has 0 atom stereocenters. The molecule has 0 unspecified atom stereocenters. The summed E-state index contributed by atoms with van der Waals surface area (Å²) in [5.41, 5.74) is 0.632. The van der Waals surface area contributed by atoms with E-state index in [0.29, 0.717) is 24.5 Å². The highest BCUT2D eigenvalue weighted by Crippen LogP contribution is 2.13. The predicted molar refractivity (Wildman–Crippen MR) is 96.1 cm³/mol. The Labute approximate surface area is 144 Å². The molecule has 0 bridgehead atoms. The van der Waals surface area contributed by atoms with Crippen LogP contribution in [-0.2, 0) is 0 Å². The fourth-order valence-corrected chi connectivity index (χ4v) is 2.37. The summed E-state index contributed by atoms with van der Waals surface area (Å²) in [5.74, 6) is 2.20. The standard InChI is InChI=1S/C16H20BrN5O/c1-11-20-14(10-15(21-11)22(2)3)18-7-8-19-16(23)12-5-4-6-13(17)9-12/h4-6,9-10H,7-8H2,1-3H3,(H,19,23)(H,18,20,21). The van der Waals surface area contributed by atoms with Crippen LogP contribution in [0.2, 0.25) is 0 Å². The van der Waals surface area contributed by atoms with Gasteiger partial charge in [-0.2, -0.15) is 0 Å². The highest BCUT2D eigenvalue weighted by atomic mass is 79.9. The lowest BCUT2D eigenvalue weighted by atomic mass is 10.2. The van der Waals surface area contributed by atoms with Gasteiger partial charge >= 0.3 is 0 Å². The van der Waals surface area contributed by atoms with Gasteiger partial charge in [-0.25, -0.2) is 9.97 Å². The molecule has 1 aromatic carbocycles. The average molecular weight is 378 g/mol. The third-order valence-corrected chi connectivity index (χ3v) is 3.58. The van der Waals surface area contributed by atoms with E-state index in [1.54, 1.807) is 12.1 Å². The van der Waals surface area contributed by atoms with Gasteiger partial charge in [0.1, 0.15) is 17.5 Å². The summed E-state index contributed by atoms with van der Waals surface area (Å²) in [4.78, 5) is 22.6. The van der Waals surface area contributed by atoms with Crippen LogP contribution in [0.1, 0.15) is 16.2 Å². The van der Waals surface area contributed by atoms with E-state index in [0.717, 1.165) is 16.1 Å². The van der Waals surface area contributed by atoms with Crippen LogP contribution in [0.4, 0.5) is 11.6 Å². The highest BCUT2D eigenvalue weighted by molar-refractivity contribution is 9.10. The fourth-order valence-electron chi connectivity index (χ4n) is 1.97. The van der Waals surface area contributed by atoms with Gasteiger partial charge in [0, 0.05) is 43.3 Å². The topological polar surface area (TPSA) is 70.2 Å². The number of hydrogen-bond donors (Lipinski definition) is 2. The molecule has 0 aliphatic carbocycles. The van der Waals surface area contributed by atoms with E-state index in [4.69, 9.17) is 0 Å². The Bertz CT molecular complexity index is 690. The minimum absolute atomic E-state index is 0.0963. The molecule has 0 fully saturated rings. The zero-order valence-electron chi connectivity index (χ0n) is 13.4. The number of carbonyl (C=O) groups excluding carboxylic acids is 1. The number of nitrogens with zero attached hydrogens (tertiary/aromatic N) is 3. The lowest BCUT2D eigenvalue weighted by Crippen LogP contribution is -2.29. The molecule has 0 aliphatic heterocycles. The smallest absolute Gasteiger partial charge is 0.251 e. The Morgan fingerprint density at radius 3 is 2.70 bits per heavy atom. The molecule has 7 heteroatoms. The fraction of sp³-hybridized carbons (Fsp3) is 0.312. The SMILES string of the molecule is Cc1nc(NCCNC(=O)c2cccc(Br)c2)cc(N(C)C)n1. The van der Waals surface area contributed by atoms with Crippen molar-refractivity contribution in [2.24, 2.45) is 0 Å². The van der Waals surface area contributed by atoms with Crippen molar-refractivity contribution in [3.05, 3.63) is 46.2 Å². The summed E-state index contributed by atoms with van der Waals surface area (Å²) in [6.45, 7) is 2.95. The molecule has 1 aromatic heterocycles. The van der Waals surface area contributed by atoms with Crippen LogP contribution in [0.3, 0.4) is 0 Å². The minimum Gasteiger partial charge on any atom is -0.368 e. The van der Waals surface area contributed by atoms with Gasteiger partial charge in [0.15, 0.2) is 0 Å². The summed E-state index contributed by atoms with van der Waals surface area (Å²) in [6.07, 6.45) is 0. The lowest BCUT2D eigenvalue weighted by molar-refractivity contribution is 0.0955. The summed E-state index contributed by atoms with van der Waals surface area (Å²) < 4.78 is 0.885. The maximum Gasteiger partial charge on any atom is 0.251 e. The number of anilines is 2. The zero-order chi connectivity index (χ0) is 16.8. The van der Waals surface area contributed by atoms with Crippen molar-refractivity contribution >= 4 is 33.5 Å². The average Bonchev–Trinajstić information content (AvgIpc) is 2.50. The first-order valence-electron chi connectivity index (χ1n) is 7.26. The van der Waals surface area contributed by atoms with Crippen LogP contribution in [-0.4, -0.2) is 43.1 Å². The number of amides is 1. The lowest BCUT2D eigenvalue weighted by Gasteiger charge is -2.14. The van der Waals surface area contributed by atoms with Gasteiger partial charge in [-0.05, 0) is 25.1 Å². The van der Waals surface area contributed by atoms with Crippen LogP contribution in [0.5, 0.6) is 0 Å². The van der Waals surface area contributed by atoms with Gasteiger partial charge in [-0.15, -0.1) is 0 Å². The monoisotopic (exact) mass is 377 g/mol. The third kappa shape index (κ3) is 5.21. The third-order valence-electron chi connectivity index (χ3n) is 3.09. The van der Waals surface area contributed by atoms with Crippen molar-refractivity contribution in [2.75, 3.05) is 37.4 Å². The predicted octanol–water partition coefficient (Wildman–Crippen LogP) is 2.46. The van der Waals surface area contributed by atoms with Gasteiger partial charge in [0.25, 0.3) is 5.91 Å². The summed E-state index contributed by atoms with van der Waals surface area (Å²) >= 11 is 3.36. The first kappa shape index (κ1) is 17.2. The summed E-state index contributed by atoms with van der Waals surface area (Å²) in [5, 5.41) is 6.07. The second-order valence-electron chi connectivity index (χ2n) is 5.25. The Hall–Kier alpha value is -2.15. The normalized spacial score (nSPS) is 10.3. The maximum atomic E-state index is 12.0. The van der Waals surface area contributed by atoms with E-state index in [-0.39, 0.29) is 5.91 Å².